The molecule has 1 aromatic rings. The van der Waals surface area contributed by atoms with Crippen molar-refractivity contribution in [2.24, 2.45) is 0 Å². The predicted molar refractivity (Wildman–Crippen MR) is 93.2 cm³/mol. The number of ether oxygens (including phenoxy) is 2. The van der Waals surface area contributed by atoms with Gasteiger partial charge < -0.3 is 14.4 Å². The summed E-state index contributed by atoms with van der Waals surface area (Å²) in [4.78, 5) is 21.3. The predicted octanol–water partition coefficient (Wildman–Crippen LogP) is 1.11. The molecule has 0 saturated carbocycles. The van der Waals surface area contributed by atoms with Gasteiger partial charge in [0.15, 0.2) is 0 Å². The lowest BCUT2D eigenvalue weighted by atomic mass is 9.88. The number of carbonyl (C=O) groups is 1. The Bertz CT molecular complexity index is 581. The fourth-order valence-corrected chi connectivity index (χ4v) is 4.26. The van der Waals surface area contributed by atoms with E-state index in [1.165, 1.54) is 0 Å². The third-order valence-corrected chi connectivity index (χ3v) is 5.81. The van der Waals surface area contributed by atoms with E-state index in [0.29, 0.717) is 25.6 Å². The topological polar surface area (TPSA) is 54.9 Å². The van der Waals surface area contributed by atoms with Crippen LogP contribution >= 0.6 is 0 Å². The zero-order valence-corrected chi connectivity index (χ0v) is 14.7. The minimum atomic E-state index is -0.154. The first-order valence-electron chi connectivity index (χ1n) is 9.37. The molecule has 3 saturated heterocycles. The van der Waals surface area contributed by atoms with Crippen molar-refractivity contribution in [3.63, 3.8) is 0 Å². The monoisotopic (exact) mass is 345 g/mol. The van der Waals surface area contributed by atoms with Gasteiger partial charge in [0.05, 0.1) is 25.2 Å². The van der Waals surface area contributed by atoms with E-state index < -0.39 is 0 Å². The summed E-state index contributed by atoms with van der Waals surface area (Å²) in [7, 11) is 0. The van der Waals surface area contributed by atoms with Gasteiger partial charge in [0.1, 0.15) is 0 Å². The van der Waals surface area contributed by atoms with Crippen molar-refractivity contribution in [3.8, 4) is 0 Å². The van der Waals surface area contributed by atoms with Crippen LogP contribution in [-0.2, 0) is 20.7 Å². The average Bonchev–Trinajstić information content (AvgIpc) is 3.18. The molecule has 0 N–H and O–H groups in total. The second-order valence-electron chi connectivity index (χ2n) is 7.44. The SMILES string of the molecule is O=C(Cc1cccnc1)N1CCOC2(CCN([C@H]3CCOC3)CC2)C1. The van der Waals surface area contributed by atoms with E-state index in [-0.39, 0.29) is 11.5 Å². The van der Waals surface area contributed by atoms with Crippen LogP contribution < -0.4 is 0 Å². The smallest absolute Gasteiger partial charge is 0.227 e. The maximum atomic E-state index is 12.7. The summed E-state index contributed by atoms with van der Waals surface area (Å²) in [5.41, 5.74) is 0.822. The van der Waals surface area contributed by atoms with Crippen molar-refractivity contribution in [1.29, 1.82) is 0 Å². The van der Waals surface area contributed by atoms with Crippen LogP contribution in [-0.4, -0.2) is 78.3 Å². The van der Waals surface area contributed by atoms with Crippen LogP contribution in [0.1, 0.15) is 24.8 Å². The Hall–Kier alpha value is -1.50. The number of nitrogens with zero attached hydrogens (tertiary/aromatic N) is 3. The highest BCUT2D eigenvalue weighted by Gasteiger charge is 2.42. The van der Waals surface area contributed by atoms with Gasteiger partial charge in [-0.3, -0.25) is 14.7 Å². The molecule has 136 valence electrons. The zero-order chi connectivity index (χ0) is 17.1. The second-order valence-corrected chi connectivity index (χ2v) is 7.44. The van der Waals surface area contributed by atoms with E-state index in [0.717, 1.165) is 57.7 Å². The van der Waals surface area contributed by atoms with Crippen LogP contribution in [0.5, 0.6) is 0 Å². The molecule has 3 fully saturated rings. The quantitative estimate of drug-likeness (QED) is 0.821. The Labute approximate surface area is 149 Å². The highest BCUT2D eigenvalue weighted by atomic mass is 16.5. The normalized spacial score (nSPS) is 26.9. The maximum Gasteiger partial charge on any atom is 0.227 e. The van der Waals surface area contributed by atoms with Crippen LogP contribution in [0.2, 0.25) is 0 Å². The van der Waals surface area contributed by atoms with E-state index in [9.17, 15) is 4.79 Å². The van der Waals surface area contributed by atoms with Gasteiger partial charge in [-0.1, -0.05) is 6.07 Å². The number of aromatic nitrogens is 1. The summed E-state index contributed by atoms with van der Waals surface area (Å²) in [6.07, 6.45) is 7.08. The molecule has 1 aromatic heterocycles. The summed E-state index contributed by atoms with van der Waals surface area (Å²) in [5, 5.41) is 0. The molecule has 0 bridgehead atoms. The molecule has 0 unspecified atom stereocenters. The van der Waals surface area contributed by atoms with Crippen molar-refractivity contribution in [2.45, 2.75) is 37.3 Å². The number of carbonyl (C=O) groups excluding carboxylic acids is 1. The first-order chi connectivity index (χ1) is 12.2. The molecular weight excluding hydrogens is 318 g/mol. The molecule has 0 radical (unpaired) electrons. The summed E-state index contributed by atoms with van der Waals surface area (Å²) in [6.45, 7) is 5.90. The van der Waals surface area contributed by atoms with Crippen LogP contribution in [0, 0.1) is 0 Å². The Morgan fingerprint density at radius 1 is 1.28 bits per heavy atom. The highest BCUT2D eigenvalue weighted by Crippen LogP contribution is 2.32. The summed E-state index contributed by atoms with van der Waals surface area (Å²) in [6, 6.07) is 4.42. The van der Waals surface area contributed by atoms with Gasteiger partial charge in [-0.2, -0.15) is 0 Å². The number of piperidine rings is 1. The molecule has 0 aromatic carbocycles. The molecule has 3 aliphatic heterocycles. The van der Waals surface area contributed by atoms with Crippen molar-refractivity contribution in [3.05, 3.63) is 30.1 Å². The molecule has 3 aliphatic rings. The van der Waals surface area contributed by atoms with Crippen LogP contribution in [0.15, 0.2) is 24.5 Å². The largest absolute Gasteiger partial charge is 0.380 e. The Morgan fingerprint density at radius 3 is 2.88 bits per heavy atom. The van der Waals surface area contributed by atoms with E-state index in [4.69, 9.17) is 9.47 Å². The number of hydrogen-bond acceptors (Lipinski definition) is 5. The van der Waals surface area contributed by atoms with Gasteiger partial charge >= 0.3 is 0 Å². The number of amides is 1. The second kappa shape index (κ2) is 7.40. The van der Waals surface area contributed by atoms with Crippen LogP contribution in [0.4, 0.5) is 0 Å². The standard InChI is InChI=1S/C19H27N3O3/c23-18(12-16-2-1-6-20-13-16)22-9-11-25-19(15-22)4-7-21(8-5-19)17-3-10-24-14-17/h1-2,6,13,17H,3-5,7-12,14-15H2/t17-/m0/s1. The molecule has 0 aliphatic carbocycles. The number of rotatable bonds is 3. The summed E-state index contributed by atoms with van der Waals surface area (Å²) < 4.78 is 11.7. The summed E-state index contributed by atoms with van der Waals surface area (Å²) >= 11 is 0. The number of pyridine rings is 1. The van der Waals surface area contributed by atoms with Gasteiger partial charge in [-0.25, -0.2) is 0 Å². The molecule has 1 amide bonds. The van der Waals surface area contributed by atoms with Crippen molar-refractivity contribution in [2.75, 3.05) is 46.0 Å². The van der Waals surface area contributed by atoms with E-state index in [2.05, 4.69) is 9.88 Å². The van der Waals surface area contributed by atoms with Gasteiger partial charge in [-0.05, 0) is 30.9 Å². The number of hydrogen-bond donors (Lipinski definition) is 0. The lowest BCUT2D eigenvalue weighted by Gasteiger charge is -2.48. The van der Waals surface area contributed by atoms with Gasteiger partial charge in [0, 0.05) is 51.2 Å². The number of likely N-dealkylation sites (tertiary alicyclic amines) is 1. The number of morpholine rings is 1. The fourth-order valence-electron chi connectivity index (χ4n) is 4.26. The van der Waals surface area contributed by atoms with Gasteiger partial charge in [-0.15, -0.1) is 0 Å². The third kappa shape index (κ3) is 3.86. The molecule has 6 heteroatoms. The van der Waals surface area contributed by atoms with Crippen LogP contribution in [0.3, 0.4) is 0 Å². The molecule has 1 atom stereocenters. The Balaban J connectivity index is 1.34. The summed E-state index contributed by atoms with van der Waals surface area (Å²) in [5.74, 6) is 0.183. The van der Waals surface area contributed by atoms with E-state index in [1.54, 1.807) is 12.4 Å². The van der Waals surface area contributed by atoms with Gasteiger partial charge in [0.25, 0.3) is 0 Å². The first kappa shape index (κ1) is 16.9. The highest BCUT2D eigenvalue weighted by molar-refractivity contribution is 5.78. The van der Waals surface area contributed by atoms with Crippen molar-refractivity contribution < 1.29 is 14.3 Å². The van der Waals surface area contributed by atoms with Gasteiger partial charge in [0.2, 0.25) is 5.91 Å². The lowest BCUT2D eigenvalue weighted by Crippen LogP contribution is -2.59. The fraction of sp³-hybridized carbons (Fsp3) is 0.684. The minimum Gasteiger partial charge on any atom is -0.380 e. The minimum absolute atomic E-state index is 0.154. The molecular formula is C19H27N3O3. The molecule has 4 rings (SSSR count). The molecule has 4 heterocycles. The average molecular weight is 345 g/mol. The lowest BCUT2D eigenvalue weighted by molar-refractivity contribution is -0.160. The van der Waals surface area contributed by atoms with E-state index >= 15 is 0 Å². The first-order valence-corrected chi connectivity index (χ1v) is 9.37. The third-order valence-electron chi connectivity index (χ3n) is 5.81. The maximum absolute atomic E-state index is 12.7. The van der Waals surface area contributed by atoms with E-state index in [1.807, 2.05) is 17.0 Å². The van der Waals surface area contributed by atoms with Crippen molar-refractivity contribution >= 4 is 5.91 Å². The molecule has 6 nitrogen and oxygen atoms in total. The molecule has 25 heavy (non-hydrogen) atoms. The molecule has 1 spiro atoms. The van der Waals surface area contributed by atoms with Crippen LogP contribution in [0.25, 0.3) is 0 Å². The zero-order valence-electron chi connectivity index (χ0n) is 14.7. The Kier molecular flexibility index (Phi) is 5.01. The van der Waals surface area contributed by atoms with Crippen molar-refractivity contribution in [1.82, 2.24) is 14.8 Å². The Morgan fingerprint density at radius 2 is 2.16 bits per heavy atom.